The molecule has 0 radical (unpaired) electrons. The summed E-state index contributed by atoms with van der Waals surface area (Å²) in [6, 6.07) is 10.3. The molecule has 0 atom stereocenters. The van der Waals surface area contributed by atoms with Crippen LogP contribution in [-0.2, 0) is 0 Å². The minimum absolute atomic E-state index is 0.0224. The van der Waals surface area contributed by atoms with Crippen molar-refractivity contribution < 1.29 is 5.11 Å². The number of H-pyrrole nitrogens is 1. The first-order valence-corrected chi connectivity index (χ1v) is 7.17. The minimum atomic E-state index is 0.0224. The van der Waals surface area contributed by atoms with Crippen molar-refractivity contribution in [2.45, 2.75) is 0 Å². The molecule has 0 fully saturated rings. The van der Waals surface area contributed by atoms with Crippen molar-refractivity contribution in [2.75, 3.05) is 0 Å². The molecule has 0 saturated carbocycles. The summed E-state index contributed by atoms with van der Waals surface area (Å²) in [5.74, 6) is 0.0224. The molecule has 21 heavy (non-hydrogen) atoms. The van der Waals surface area contributed by atoms with Gasteiger partial charge < -0.3 is 10.1 Å². The molecule has 3 aromatic rings. The van der Waals surface area contributed by atoms with E-state index in [4.69, 9.17) is 34.8 Å². The van der Waals surface area contributed by atoms with E-state index in [0.717, 1.165) is 10.9 Å². The number of aromatic hydroxyl groups is 1. The molecular weight excluding hydrogens is 331 g/mol. The van der Waals surface area contributed by atoms with Gasteiger partial charge in [-0.25, -0.2) is 0 Å². The highest BCUT2D eigenvalue weighted by molar-refractivity contribution is 6.35. The SMILES string of the molecule is Oc1[nH]c2ccc(Cl)cc2c1C=Nc1cc(Cl)ccc1Cl. The molecule has 6 heteroatoms. The number of aromatic nitrogens is 1. The summed E-state index contributed by atoms with van der Waals surface area (Å²) in [5.41, 5.74) is 1.85. The van der Waals surface area contributed by atoms with Crippen molar-refractivity contribution in [3.8, 4) is 5.88 Å². The Morgan fingerprint density at radius 3 is 2.52 bits per heavy atom. The Labute approximate surface area is 135 Å². The maximum absolute atomic E-state index is 9.98. The normalized spacial score (nSPS) is 11.6. The van der Waals surface area contributed by atoms with Crippen LogP contribution in [0.5, 0.6) is 5.88 Å². The quantitative estimate of drug-likeness (QED) is 0.588. The van der Waals surface area contributed by atoms with Gasteiger partial charge in [0.2, 0.25) is 0 Å². The molecule has 0 aliphatic heterocycles. The fourth-order valence-electron chi connectivity index (χ4n) is 2.02. The Kier molecular flexibility index (Phi) is 3.81. The molecule has 0 aliphatic carbocycles. The lowest BCUT2D eigenvalue weighted by molar-refractivity contribution is 0.457. The molecule has 1 aromatic heterocycles. The van der Waals surface area contributed by atoms with Crippen LogP contribution in [0.2, 0.25) is 15.1 Å². The zero-order chi connectivity index (χ0) is 15.0. The lowest BCUT2D eigenvalue weighted by Crippen LogP contribution is -1.80. The molecule has 0 spiro atoms. The summed E-state index contributed by atoms with van der Waals surface area (Å²) in [7, 11) is 0. The van der Waals surface area contributed by atoms with Crippen molar-refractivity contribution in [3.05, 3.63) is 57.0 Å². The zero-order valence-corrected chi connectivity index (χ0v) is 12.8. The van der Waals surface area contributed by atoms with Gasteiger partial charge in [-0.15, -0.1) is 0 Å². The summed E-state index contributed by atoms with van der Waals surface area (Å²) in [6.45, 7) is 0. The zero-order valence-electron chi connectivity index (χ0n) is 10.6. The number of hydrogen-bond acceptors (Lipinski definition) is 2. The number of benzene rings is 2. The van der Waals surface area contributed by atoms with Crippen molar-refractivity contribution in [1.82, 2.24) is 4.98 Å². The Balaban J connectivity index is 2.09. The number of aliphatic imine (C=N–C) groups is 1. The van der Waals surface area contributed by atoms with Gasteiger partial charge in [0.15, 0.2) is 5.88 Å². The third-order valence-corrected chi connectivity index (χ3v) is 3.81. The Morgan fingerprint density at radius 2 is 1.71 bits per heavy atom. The third-order valence-electron chi connectivity index (χ3n) is 3.02. The molecule has 0 amide bonds. The number of aromatic amines is 1. The highest BCUT2D eigenvalue weighted by Gasteiger charge is 2.09. The van der Waals surface area contributed by atoms with Crippen LogP contribution in [0.25, 0.3) is 10.9 Å². The smallest absolute Gasteiger partial charge is 0.198 e. The van der Waals surface area contributed by atoms with Crippen molar-refractivity contribution in [2.24, 2.45) is 4.99 Å². The Morgan fingerprint density at radius 1 is 1.00 bits per heavy atom. The van der Waals surface area contributed by atoms with Gasteiger partial charge >= 0.3 is 0 Å². The molecule has 3 rings (SSSR count). The molecule has 0 unspecified atom stereocenters. The van der Waals surface area contributed by atoms with Crippen LogP contribution in [0.3, 0.4) is 0 Å². The van der Waals surface area contributed by atoms with E-state index in [1.54, 1.807) is 36.4 Å². The fourth-order valence-corrected chi connectivity index (χ4v) is 2.53. The van der Waals surface area contributed by atoms with E-state index in [9.17, 15) is 5.11 Å². The van der Waals surface area contributed by atoms with E-state index in [0.29, 0.717) is 26.3 Å². The van der Waals surface area contributed by atoms with Crippen LogP contribution in [0, 0.1) is 0 Å². The summed E-state index contributed by atoms with van der Waals surface area (Å²) in [5, 5.41) is 12.4. The Bertz CT molecular complexity index is 855. The topological polar surface area (TPSA) is 48.4 Å². The second-order valence-corrected chi connectivity index (χ2v) is 5.71. The average molecular weight is 340 g/mol. The first kappa shape index (κ1) is 14.3. The minimum Gasteiger partial charge on any atom is -0.494 e. The first-order chi connectivity index (χ1) is 10.0. The van der Waals surface area contributed by atoms with Crippen molar-refractivity contribution in [1.29, 1.82) is 0 Å². The summed E-state index contributed by atoms with van der Waals surface area (Å²) >= 11 is 18.0. The summed E-state index contributed by atoms with van der Waals surface area (Å²) < 4.78 is 0. The van der Waals surface area contributed by atoms with E-state index in [-0.39, 0.29) is 5.88 Å². The van der Waals surface area contributed by atoms with E-state index >= 15 is 0 Å². The lowest BCUT2D eigenvalue weighted by Gasteiger charge is -1.98. The highest BCUT2D eigenvalue weighted by atomic mass is 35.5. The van der Waals surface area contributed by atoms with E-state index < -0.39 is 0 Å². The number of fused-ring (bicyclic) bond motifs is 1. The summed E-state index contributed by atoms with van der Waals surface area (Å²) in [6.07, 6.45) is 1.53. The lowest BCUT2D eigenvalue weighted by atomic mass is 10.2. The Hall–Kier alpha value is -1.68. The molecule has 0 bridgehead atoms. The molecule has 1 heterocycles. The molecule has 0 aliphatic rings. The number of rotatable bonds is 2. The van der Waals surface area contributed by atoms with Crippen LogP contribution in [-0.4, -0.2) is 16.3 Å². The van der Waals surface area contributed by atoms with Gasteiger partial charge in [0.25, 0.3) is 0 Å². The van der Waals surface area contributed by atoms with E-state index in [2.05, 4.69) is 9.98 Å². The molecule has 2 aromatic carbocycles. The molecular formula is C15H9Cl3N2O. The maximum atomic E-state index is 9.98. The molecule has 0 saturated heterocycles. The second-order valence-electron chi connectivity index (χ2n) is 4.43. The van der Waals surface area contributed by atoms with Gasteiger partial charge in [0.05, 0.1) is 16.3 Å². The predicted octanol–water partition coefficient (Wildman–Crippen LogP) is 5.58. The van der Waals surface area contributed by atoms with Crippen LogP contribution in [0.4, 0.5) is 5.69 Å². The number of halogens is 3. The predicted molar refractivity (Wildman–Crippen MR) is 88.7 cm³/mol. The fraction of sp³-hybridized carbons (Fsp3) is 0. The van der Waals surface area contributed by atoms with Gasteiger partial charge in [-0.3, -0.25) is 4.99 Å². The largest absolute Gasteiger partial charge is 0.494 e. The van der Waals surface area contributed by atoms with Crippen LogP contribution < -0.4 is 0 Å². The van der Waals surface area contributed by atoms with E-state index in [1.165, 1.54) is 6.21 Å². The van der Waals surface area contributed by atoms with Gasteiger partial charge in [-0.05, 0) is 36.4 Å². The maximum Gasteiger partial charge on any atom is 0.198 e. The van der Waals surface area contributed by atoms with Crippen molar-refractivity contribution >= 4 is 57.6 Å². The first-order valence-electron chi connectivity index (χ1n) is 6.04. The molecule has 2 N–H and O–H groups in total. The van der Waals surface area contributed by atoms with Gasteiger partial charge in [0.1, 0.15) is 0 Å². The number of hydrogen-bond donors (Lipinski definition) is 2. The number of nitrogens with zero attached hydrogens (tertiary/aromatic N) is 1. The molecule has 106 valence electrons. The number of nitrogens with one attached hydrogen (secondary N) is 1. The van der Waals surface area contributed by atoms with Crippen molar-refractivity contribution in [3.63, 3.8) is 0 Å². The van der Waals surface area contributed by atoms with Crippen LogP contribution in [0.15, 0.2) is 41.4 Å². The standard InChI is InChI=1S/C15H9Cl3N2O/c16-8-2-4-13-10(5-8)11(15(21)20-13)7-19-14-6-9(17)1-3-12(14)18/h1-7,20-21H. The van der Waals surface area contributed by atoms with Crippen LogP contribution >= 0.6 is 34.8 Å². The summed E-state index contributed by atoms with van der Waals surface area (Å²) in [4.78, 5) is 7.15. The highest BCUT2D eigenvalue weighted by Crippen LogP contribution is 2.31. The second kappa shape index (κ2) is 5.60. The molecule has 3 nitrogen and oxygen atoms in total. The third kappa shape index (κ3) is 2.86. The van der Waals surface area contributed by atoms with Gasteiger partial charge in [-0.1, -0.05) is 34.8 Å². The van der Waals surface area contributed by atoms with Crippen LogP contribution in [0.1, 0.15) is 5.56 Å². The van der Waals surface area contributed by atoms with Gasteiger partial charge in [-0.2, -0.15) is 0 Å². The van der Waals surface area contributed by atoms with Gasteiger partial charge in [0, 0.05) is 27.2 Å². The van der Waals surface area contributed by atoms with E-state index in [1.807, 2.05) is 0 Å². The monoisotopic (exact) mass is 338 g/mol. The average Bonchev–Trinajstić information content (AvgIpc) is 2.75.